The molecule has 3 aromatic rings. The second-order valence-electron chi connectivity index (χ2n) is 6.71. The molecule has 1 N–H and O–H groups in total. The van der Waals surface area contributed by atoms with Crippen molar-refractivity contribution in [2.75, 3.05) is 38.2 Å². The average Bonchev–Trinajstić information content (AvgIpc) is 2.78. The molecule has 156 valence electrons. The molecule has 2 heterocycles. The number of morpholine rings is 1. The summed E-state index contributed by atoms with van der Waals surface area (Å²) in [6, 6.07) is 15.4. The van der Waals surface area contributed by atoms with E-state index in [1.807, 2.05) is 24.3 Å². The highest BCUT2D eigenvalue weighted by Gasteiger charge is 2.26. The summed E-state index contributed by atoms with van der Waals surface area (Å²) >= 11 is 0. The maximum absolute atomic E-state index is 12.8. The largest absolute Gasteiger partial charge is 0.481 e. The minimum atomic E-state index is -3.64. The maximum atomic E-state index is 12.8. The van der Waals surface area contributed by atoms with E-state index < -0.39 is 15.9 Å². The number of anilines is 1. The molecule has 0 bridgehead atoms. The van der Waals surface area contributed by atoms with Crippen LogP contribution in [0, 0.1) is 0 Å². The number of nitrogens with zero attached hydrogens (tertiary/aromatic N) is 2. The Labute approximate surface area is 174 Å². The number of hydrogen-bond acceptors (Lipinski definition) is 6. The Kier molecular flexibility index (Phi) is 5.93. The van der Waals surface area contributed by atoms with Gasteiger partial charge in [0.1, 0.15) is 11.3 Å². The molecular weight excluding hydrogens is 406 g/mol. The number of sulfonamides is 1. The molecule has 0 unspecified atom stereocenters. The lowest BCUT2D eigenvalue weighted by Gasteiger charge is -2.26. The van der Waals surface area contributed by atoms with Gasteiger partial charge in [0, 0.05) is 30.4 Å². The van der Waals surface area contributed by atoms with Gasteiger partial charge in [0.15, 0.2) is 6.61 Å². The summed E-state index contributed by atoms with van der Waals surface area (Å²) in [5.41, 5.74) is 1.06. The molecule has 2 aromatic carbocycles. The van der Waals surface area contributed by atoms with Gasteiger partial charge in [0.05, 0.1) is 18.1 Å². The van der Waals surface area contributed by atoms with Crippen LogP contribution in [0.3, 0.4) is 0 Å². The van der Waals surface area contributed by atoms with Crippen molar-refractivity contribution in [1.29, 1.82) is 0 Å². The Bertz CT molecular complexity index is 1150. The van der Waals surface area contributed by atoms with Crippen molar-refractivity contribution >= 4 is 32.5 Å². The number of carbonyl (C=O) groups excluding carboxylic acids is 1. The first-order valence-electron chi connectivity index (χ1n) is 9.48. The Balaban J connectivity index is 1.43. The minimum absolute atomic E-state index is 0.126. The van der Waals surface area contributed by atoms with Crippen LogP contribution in [0.2, 0.25) is 0 Å². The summed E-state index contributed by atoms with van der Waals surface area (Å²) in [5, 5.41) is 3.60. The lowest BCUT2D eigenvalue weighted by Crippen LogP contribution is -2.40. The highest BCUT2D eigenvalue weighted by molar-refractivity contribution is 7.89. The van der Waals surface area contributed by atoms with Gasteiger partial charge in [-0.05, 0) is 30.3 Å². The molecular formula is C21H21N3O5S. The van der Waals surface area contributed by atoms with E-state index in [4.69, 9.17) is 9.47 Å². The van der Waals surface area contributed by atoms with Crippen LogP contribution in [-0.4, -0.2) is 56.5 Å². The molecule has 1 saturated heterocycles. The normalized spacial score (nSPS) is 15.1. The van der Waals surface area contributed by atoms with Gasteiger partial charge in [-0.2, -0.15) is 4.31 Å². The zero-order chi connectivity index (χ0) is 21.0. The number of hydrogen-bond donors (Lipinski definition) is 1. The van der Waals surface area contributed by atoms with Crippen molar-refractivity contribution in [1.82, 2.24) is 9.29 Å². The van der Waals surface area contributed by atoms with Crippen molar-refractivity contribution in [3.8, 4) is 5.75 Å². The van der Waals surface area contributed by atoms with Crippen LogP contribution >= 0.6 is 0 Å². The number of pyridine rings is 1. The lowest BCUT2D eigenvalue weighted by molar-refractivity contribution is -0.118. The number of ether oxygens (including phenoxy) is 2. The Hall–Kier alpha value is -3.01. The number of benzene rings is 2. The number of amides is 1. The predicted molar refractivity (Wildman–Crippen MR) is 112 cm³/mol. The summed E-state index contributed by atoms with van der Waals surface area (Å²) in [6.45, 7) is 1.14. The Morgan fingerprint density at radius 2 is 1.87 bits per heavy atom. The zero-order valence-corrected chi connectivity index (χ0v) is 17.0. The Morgan fingerprint density at radius 3 is 2.70 bits per heavy atom. The molecule has 1 aliphatic rings. The van der Waals surface area contributed by atoms with Crippen molar-refractivity contribution in [3.63, 3.8) is 0 Å². The molecule has 9 heteroatoms. The van der Waals surface area contributed by atoms with E-state index in [0.717, 1.165) is 5.39 Å². The van der Waals surface area contributed by atoms with Crippen molar-refractivity contribution in [2.45, 2.75) is 4.90 Å². The standard InChI is InChI=1S/C21H21N3O5S/c25-20(15-29-19-8-1-4-16-5-3-9-22-21(16)19)23-17-6-2-7-18(14-17)30(26,27)24-10-12-28-13-11-24/h1-9,14H,10-13,15H2,(H,23,25). The van der Waals surface area contributed by atoms with Gasteiger partial charge in [-0.15, -0.1) is 0 Å². The third kappa shape index (κ3) is 4.43. The molecule has 0 radical (unpaired) electrons. The van der Waals surface area contributed by atoms with Gasteiger partial charge in [0.25, 0.3) is 5.91 Å². The number of para-hydroxylation sites is 1. The van der Waals surface area contributed by atoms with Crippen LogP contribution in [0.1, 0.15) is 0 Å². The van der Waals surface area contributed by atoms with Crippen LogP contribution in [-0.2, 0) is 19.6 Å². The second-order valence-corrected chi connectivity index (χ2v) is 8.65. The monoisotopic (exact) mass is 427 g/mol. The lowest BCUT2D eigenvalue weighted by atomic mass is 10.2. The van der Waals surface area contributed by atoms with E-state index in [9.17, 15) is 13.2 Å². The quantitative estimate of drug-likeness (QED) is 0.648. The second kappa shape index (κ2) is 8.78. The molecule has 4 rings (SSSR count). The predicted octanol–water partition coefficient (Wildman–Crippen LogP) is 2.27. The van der Waals surface area contributed by atoms with E-state index in [0.29, 0.717) is 43.3 Å². The first-order valence-corrected chi connectivity index (χ1v) is 10.9. The number of nitrogens with one attached hydrogen (secondary N) is 1. The van der Waals surface area contributed by atoms with E-state index >= 15 is 0 Å². The fourth-order valence-electron chi connectivity index (χ4n) is 3.20. The first kappa shape index (κ1) is 20.3. The van der Waals surface area contributed by atoms with Crippen LogP contribution in [0.4, 0.5) is 5.69 Å². The van der Waals surface area contributed by atoms with Gasteiger partial charge >= 0.3 is 0 Å². The maximum Gasteiger partial charge on any atom is 0.262 e. The summed E-state index contributed by atoms with van der Waals surface area (Å²) in [7, 11) is -3.64. The van der Waals surface area contributed by atoms with Gasteiger partial charge < -0.3 is 14.8 Å². The minimum Gasteiger partial charge on any atom is -0.481 e. The SMILES string of the molecule is O=C(COc1cccc2cccnc12)Nc1cccc(S(=O)(=O)N2CCOCC2)c1. The summed E-state index contributed by atoms with van der Waals surface area (Å²) in [5.74, 6) is 0.107. The number of fused-ring (bicyclic) bond motifs is 1. The van der Waals surface area contributed by atoms with E-state index in [1.54, 1.807) is 24.4 Å². The highest BCUT2D eigenvalue weighted by Crippen LogP contribution is 2.23. The smallest absolute Gasteiger partial charge is 0.262 e. The Morgan fingerprint density at radius 1 is 1.10 bits per heavy atom. The molecule has 1 aromatic heterocycles. The highest BCUT2D eigenvalue weighted by atomic mass is 32.2. The fraction of sp³-hybridized carbons (Fsp3) is 0.238. The molecule has 1 aliphatic heterocycles. The number of aromatic nitrogens is 1. The third-order valence-electron chi connectivity index (χ3n) is 4.68. The van der Waals surface area contributed by atoms with Crippen molar-refractivity contribution < 1.29 is 22.7 Å². The fourth-order valence-corrected chi connectivity index (χ4v) is 4.66. The van der Waals surface area contributed by atoms with E-state index in [2.05, 4.69) is 10.3 Å². The van der Waals surface area contributed by atoms with E-state index in [-0.39, 0.29) is 11.5 Å². The number of rotatable bonds is 6. The summed E-state index contributed by atoms with van der Waals surface area (Å²) in [4.78, 5) is 16.8. The van der Waals surface area contributed by atoms with Crippen molar-refractivity contribution in [2.24, 2.45) is 0 Å². The van der Waals surface area contributed by atoms with Crippen LogP contribution < -0.4 is 10.1 Å². The molecule has 0 aliphatic carbocycles. The molecule has 0 atom stereocenters. The molecule has 30 heavy (non-hydrogen) atoms. The third-order valence-corrected chi connectivity index (χ3v) is 6.57. The van der Waals surface area contributed by atoms with Gasteiger partial charge in [-0.1, -0.05) is 24.3 Å². The molecule has 1 amide bonds. The average molecular weight is 427 g/mol. The summed E-state index contributed by atoms with van der Waals surface area (Å²) < 4.78 is 37.8. The van der Waals surface area contributed by atoms with E-state index in [1.165, 1.54) is 16.4 Å². The first-order chi connectivity index (χ1) is 14.5. The van der Waals surface area contributed by atoms with Crippen LogP contribution in [0.15, 0.2) is 65.7 Å². The molecule has 0 spiro atoms. The topological polar surface area (TPSA) is 97.8 Å². The van der Waals surface area contributed by atoms with Crippen molar-refractivity contribution in [3.05, 3.63) is 60.8 Å². The molecule has 0 saturated carbocycles. The van der Waals surface area contributed by atoms with Gasteiger partial charge in [-0.3, -0.25) is 9.78 Å². The number of carbonyl (C=O) groups is 1. The van der Waals surface area contributed by atoms with Gasteiger partial charge in [-0.25, -0.2) is 8.42 Å². The summed E-state index contributed by atoms with van der Waals surface area (Å²) in [6.07, 6.45) is 1.66. The zero-order valence-electron chi connectivity index (χ0n) is 16.2. The van der Waals surface area contributed by atoms with Crippen LogP contribution in [0.25, 0.3) is 10.9 Å². The molecule has 1 fully saturated rings. The van der Waals surface area contributed by atoms with Crippen LogP contribution in [0.5, 0.6) is 5.75 Å². The van der Waals surface area contributed by atoms with Gasteiger partial charge in [0.2, 0.25) is 10.0 Å². The molecule has 8 nitrogen and oxygen atoms in total.